The molecule has 6 nitrogen and oxygen atoms in total. The normalized spacial score (nSPS) is 11.2. The molecule has 0 unspecified atom stereocenters. The highest BCUT2D eigenvalue weighted by molar-refractivity contribution is 7.85. The zero-order valence-corrected chi connectivity index (χ0v) is 7.86. The Morgan fingerprint density at radius 3 is 2.79 bits per heavy atom. The summed E-state index contributed by atoms with van der Waals surface area (Å²) in [4.78, 5) is 11.0. The zero-order valence-electron chi connectivity index (χ0n) is 7.04. The molecule has 0 aliphatic carbocycles. The average Bonchev–Trinajstić information content (AvgIpc) is 2.53. The maximum absolute atomic E-state index is 11.0. The van der Waals surface area contributed by atoms with E-state index in [-0.39, 0.29) is 12.2 Å². The second-order valence-electron chi connectivity index (χ2n) is 2.43. The number of ether oxygens (including phenoxy) is 1. The van der Waals surface area contributed by atoms with Crippen LogP contribution in [0.3, 0.4) is 0 Å². The molecule has 0 aromatic carbocycles. The van der Waals surface area contributed by atoms with E-state index in [1.807, 2.05) is 0 Å². The van der Waals surface area contributed by atoms with E-state index in [0.717, 1.165) is 0 Å². The first-order valence-electron chi connectivity index (χ1n) is 3.63. The number of furan rings is 1. The highest BCUT2D eigenvalue weighted by Crippen LogP contribution is 2.02. The quantitative estimate of drug-likeness (QED) is 0.580. The summed E-state index contributed by atoms with van der Waals surface area (Å²) in [7, 11) is -4.09. The predicted molar refractivity (Wildman–Crippen MR) is 45.4 cm³/mol. The lowest BCUT2D eigenvalue weighted by Gasteiger charge is -2.00. The summed E-state index contributed by atoms with van der Waals surface area (Å²) in [6.45, 7) is -0.386. The van der Waals surface area contributed by atoms with Gasteiger partial charge in [-0.05, 0) is 6.07 Å². The Balaban J connectivity index is 2.37. The largest absolute Gasteiger partial charge is 0.472 e. The molecule has 0 aliphatic heterocycles. The molecule has 0 aliphatic rings. The van der Waals surface area contributed by atoms with Crippen molar-refractivity contribution in [2.75, 3.05) is 12.4 Å². The van der Waals surface area contributed by atoms with Crippen LogP contribution in [0.2, 0.25) is 0 Å². The van der Waals surface area contributed by atoms with Crippen molar-refractivity contribution in [1.29, 1.82) is 0 Å². The van der Waals surface area contributed by atoms with Gasteiger partial charge >= 0.3 is 5.97 Å². The van der Waals surface area contributed by atoms with E-state index in [2.05, 4.69) is 9.15 Å². The number of carbonyl (C=O) groups excluding carboxylic acids is 1. The van der Waals surface area contributed by atoms with Crippen LogP contribution in [0.1, 0.15) is 10.4 Å². The molecule has 0 spiro atoms. The van der Waals surface area contributed by atoms with Crippen molar-refractivity contribution in [3.05, 3.63) is 24.2 Å². The van der Waals surface area contributed by atoms with E-state index < -0.39 is 21.8 Å². The summed E-state index contributed by atoms with van der Waals surface area (Å²) >= 11 is 0. The monoisotopic (exact) mass is 220 g/mol. The summed E-state index contributed by atoms with van der Waals surface area (Å²) in [5.74, 6) is -1.31. The minimum atomic E-state index is -4.09. The maximum atomic E-state index is 11.0. The third-order valence-electron chi connectivity index (χ3n) is 1.33. The summed E-state index contributed by atoms with van der Waals surface area (Å²) in [5.41, 5.74) is 0.195. The molecule has 0 bridgehead atoms. The fraction of sp³-hybridized carbons (Fsp3) is 0.286. The van der Waals surface area contributed by atoms with Crippen molar-refractivity contribution in [2.45, 2.75) is 0 Å². The molecule has 1 aromatic heterocycles. The van der Waals surface area contributed by atoms with Crippen molar-refractivity contribution in [1.82, 2.24) is 0 Å². The lowest BCUT2D eigenvalue weighted by molar-refractivity contribution is 0.0527. The van der Waals surface area contributed by atoms with Gasteiger partial charge in [-0.25, -0.2) is 4.79 Å². The van der Waals surface area contributed by atoms with Gasteiger partial charge in [0, 0.05) is 0 Å². The van der Waals surface area contributed by atoms with Crippen LogP contribution in [-0.2, 0) is 14.9 Å². The van der Waals surface area contributed by atoms with Crippen LogP contribution in [0.15, 0.2) is 23.0 Å². The highest BCUT2D eigenvalue weighted by atomic mass is 32.2. The number of esters is 1. The van der Waals surface area contributed by atoms with Crippen molar-refractivity contribution < 1.29 is 26.9 Å². The summed E-state index contributed by atoms with van der Waals surface area (Å²) in [5, 5.41) is 0. The van der Waals surface area contributed by atoms with E-state index >= 15 is 0 Å². The van der Waals surface area contributed by atoms with Crippen LogP contribution >= 0.6 is 0 Å². The van der Waals surface area contributed by atoms with Gasteiger partial charge in [0.1, 0.15) is 18.6 Å². The molecule has 1 rings (SSSR count). The number of hydrogen-bond acceptors (Lipinski definition) is 5. The maximum Gasteiger partial charge on any atom is 0.341 e. The summed E-state index contributed by atoms with van der Waals surface area (Å²) < 4.78 is 38.0. The van der Waals surface area contributed by atoms with Gasteiger partial charge in [0.15, 0.2) is 0 Å². The van der Waals surface area contributed by atoms with Crippen molar-refractivity contribution in [2.24, 2.45) is 0 Å². The van der Waals surface area contributed by atoms with Crippen LogP contribution in [-0.4, -0.2) is 31.3 Å². The van der Waals surface area contributed by atoms with Gasteiger partial charge in [-0.15, -0.1) is 0 Å². The SMILES string of the molecule is O=C(OCCS(=O)(=O)O)c1ccoc1. The second-order valence-corrected chi connectivity index (χ2v) is 4.01. The molecule has 0 saturated heterocycles. The molecule has 0 atom stereocenters. The van der Waals surface area contributed by atoms with Gasteiger partial charge in [-0.2, -0.15) is 8.42 Å². The van der Waals surface area contributed by atoms with Gasteiger partial charge in [-0.3, -0.25) is 4.55 Å². The summed E-state index contributed by atoms with van der Waals surface area (Å²) in [6.07, 6.45) is 2.47. The Morgan fingerprint density at radius 1 is 1.57 bits per heavy atom. The lowest BCUT2D eigenvalue weighted by atomic mass is 10.3. The number of rotatable bonds is 4. The molecule has 0 radical (unpaired) electrons. The fourth-order valence-corrected chi connectivity index (χ4v) is 0.998. The van der Waals surface area contributed by atoms with Gasteiger partial charge in [-0.1, -0.05) is 0 Å². The van der Waals surface area contributed by atoms with Gasteiger partial charge in [0.05, 0.1) is 11.8 Å². The highest BCUT2D eigenvalue weighted by Gasteiger charge is 2.10. The Hall–Kier alpha value is -1.34. The van der Waals surface area contributed by atoms with E-state index in [4.69, 9.17) is 4.55 Å². The minimum absolute atomic E-state index is 0.195. The van der Waals surface area contributed by atoms with Crippen LogP contribution in [0.25, 0.3) is 0 Å². The van der Waals surface area contributed by atoms with E-state index in [1.54, 1.807) is 0 Å². The van der Waals surface area contributed by atoms with Crippen LogP contribution in [0.5, 0.6) is 0 Å². The molecule has 1 aromatic rings. The number of carbonyl (C=O) groups is 1. The van der Waals surface area contributed by atoms with Gasteiger partial charge < -0.3 is 9.15 Å². The third kappa shape index (κ3) is 3.58. The Morgan fingerprint density at radius 2 is 2.29 bits per heavy atom. The summed E-state index contributed by atoms with van der Waals surface area (Å²) in [6, 6.07) is 1.38. The van der Waals surface area contributed by atoms with Crippen molar-refractivity contribution in [3.63, 3.8) is 0 Å². The van der Waals surface area contributed by atoms with Gasteiger partial charge in [0.2, 0.25) is 0 Å². The Labute approximate surface area is 80.2 Å². The lowest BCUT2D eigenvalue weighted by Crippen LogP contribution is -2.14. The van der Waals surface area contributed by atoms with E-state index in [9.17, 15) is 13.2 Å². The van der Waals surface area contributed by atoms with E-state index in [0.29, 0.717) is 0 Å². The fourth-order valence-electron chi connectivity index (χ4n) is 0.704. The molecular weight excluding hydrogens is 212 g/mol. The van der Waals surface area contributed by atoms with Gasteiger partial charge in [0.25, 0.3) is 10.1 Å². The smallest absolute Gasteiger partial charge is 0.341 e. The van der Waals surface area contributed by atoms with Crippen LogP contribution in [0, 0.1) is 0 Å². The van der Waals surface area contributed by atoms with Crippen LogP contribution in [0.4, 0.5) is 0 Å². The molecule has 0 amide bonds. The van der Waals surface area contributed by atoms with Crippen molar-refractivity contribution in [3.8, 4) is 0 Å². The topological polar surface area (TPSA) is 93.8 Å². The minimum Gasteiger partial charge on any atom is -0.472 e. The Kier molecular flexibility index (Phi) is 3.26. The standard InChI is InChI=1S/C7H8O6S/c8-7(6-1-2-12-5-6)13-3-4-14(9,10)11/h1-2,5H,3-4H2,(H,9,10,11). The molecule has 1 N–H and O–H groups in total. The number of hydrogen-bond donors (Lipinski definition) is 1. The second kappa shape index (κ2) is 4.25. The van der Waals surface area contributed by atoms with Crippen molar-refractivity contribution >= 4 is 16.1 Å². The first kappa shape index (κ1) is 10.7. The third-order valence-corrected chi connectivity index (χ3v) is 2.01. The van der Waals surface area contributed by atoms with E-state index in [1.165, 1.54) is 18.6 Å². The molecule has 1 heterocycles. The zero-order chi connectivity index (χ0) is 10.6. The average molecular weight is 220 g/mol. The first-order chi connectivity index (χ1) is 6.49. The molecule has 0 fully saturated rings. The molecule has 78 valence electrons. The molecule has 0 saturated carbocycles. The first-order valence-corrected chi connectivity index (χ1v) is 5.24. The molecule has 14 heavy (non-hydrogen) atoms. The molecular formula is C7H8O6S. The molecule has 7 heteroatoms. The Bertz CT molecular complexity index is 390. The van der Waals surface area contributed by atoms with Crippen LogP contribution < -0.4 is 0 Å². The predicted octanol–water partition coefficient (Wildman–Crippen LogP) is 0.324.